The Labute approximate surface area is 214 Å². The van der Waals surface area contributed by atoms with E-state index in [-0.39, 0.29) is 17.7 Å². The largest absolute Gasteiger partial charge is 0.423 e. The first kappa shape index (κ1) is 28.1. The highest BCUT2D eigenvalue weighted by molar-refractivity contribution is 7.78. The number of thiocarbonyl (C=S) groups is 1. The third-order valence-electron chi connectivity index (χ3n) is 5.76. The first-order valence-electron chi connectivity index (χ1n) is 10.9. The number of halogens is 6. The SMILES string of the molecule is Cc1cc(C)c(-c2cc(C)c(C(=O)Oc3cc(C(F)(F)F)c(N=C=S)c(C(F)(F)F)c3)c(C)c2)c(C)c1. The van der Waals surface area contributed by atoms with E-state index in [4.69, 9.17) is 4.74 Å². The van der Waals surface area contributed by atoms with Gasteiger partial charge in [0, 0.05) is 0 Å². The van der Waals surface area contributed by atoms with Gasteiger partial charge in [-0.05, 0) is 92.4 Å². The number of hydrogen-bond donors (Lipinski definition) is 0. The van der Waals surface area contributed by atoms with Crippen LogP contribution in [0.4, 0.5) is 32.0 Å². The molecular weight excluding hydrogens is 516 g/mol. The Bertz CT molecular complexity index is 1370. The second-order valence-electron chi connectivity index (χ2n) is 8.71. The fourth-order valence-electron chi connectivity index (χ4n) is 4.49. The summed E-state index contributed by atoms with van der Waals surface area (Å²) in [6, 6.07) is 8.07. The van der Waals surface area contributed by atoms with Crippen LogP contribution in [0.5, 0.6) is 5.75 Å². The van der Waals surface area contributed by atoms with Gasteiger partial charge in [0.15, 0.2) is 0 Å². The maximum Gasteiger partial charge on any atom is 0.418 e. The van der Waals surface area contributed by atoms with Crippen molar-refractivity contribution in [3.8, 4) is 16.9 Å². The molecule has 10 heteroatoms. The number of aryl methyl sites for hydroxylation is 5. The van der Waals surface area contributed by atoms with Crippen molar-refractivity contribution >= 4 is 29.0 Å². The Morgan fingerprint density at radius 2 is 1.24 bits per heavy atom. The van der Waals surface area contributed by atoms with Crippen molar-refractivity contribution in [2.24, 2.45) is 4.99 Å². The zero-order valence-corrected chi connectivity index (χ0v) is 21.2. The van der Waals surface area contributed by atoms with E-state index in [1.807, 2.05) is 32.9 Å². The van der Waals surface area contributed by atoms with Crippen LogP contribution >= 0.6 is 12.2 Å². The van der Waals surface area contributed by atoms with Crippen molar-refractivity contribution in [3.63, 3.8) is 0 Å². The molecule has 0 bridgehead atoms. The predicted molar refractivity (Wildman–Crippen MR) is 132 cm³/mol. The van der Waals surface area contributed by atoms with Gasteiger partial charge in [0.1, 0.15) is 5.75 Å². The molecule has 0 radical (unpaired) electrons. The molecule has 0 aliphatic rings. The molecule has 194 valence electrons. The Kier molecular flexibility index (Phi) is 7.67. The number of carbonyl (C=O) groups excluding carboxylic acids is 1. The summed E-state index contributed by atoms with van der Waals surface area (Å²) in [5.41, 5.74) is 0.902. The van der Waals surface area contributed by atoms with Gasteiger partial charge in [0.25, 0.3) is 0 Å². The van der Waals surface area contributed by atoms with Crippen LogP contribution < -0.4 is 4.74 Å². The quantitative estimate of drug-likeness (QED) is 0.110. The maximum absolute atomic E-state index is 13.6. The number of carbonyl (C=O) groups is 1. The van der Waals surface area contributed by atoms with Crippen molar-refractivity contribution in [1.29, 1.82) is 0 Å². The van der Waals surface area contributed by atoms with E-state index in [1.54, 1.807) is 31.1 Å². The lowest BCUT2D eigenvalue weighted by atomic mass is 9.90. The highest BCUT2D eigenvalue weighted by Crippen LogP contribution is 2.46. The number of alkyl halides is 6. The van der Waals surface area contributed by atoms with E-state index >= 15 is 0 Å². The monoisotopic (exact) mass is 537 g/mol. The van der Waals surface area contributed by atoms with Gasteiger partial charge in [0.05, 0.1) is 27.5 Å². The molecule has 0 amide bonds. The molecule has 3 nitrogen and oxygen atoms in total. The van der Waals surface area contributed by atoms with Crippen LogP contribution in [-0.4, -0.2) is 11.1 Å². The molecule has 37 heavy (non-hydrogen) atoms. The molecule has 0 spiro atoms. The minimum absolute atomic E-state index is 0.0364. The van der Waals surface area contributed by atoms with Crippen LogP contribution in [-0.2, 0) is 12.4 Å². The smallest absolute Gasteiger partial charge is 0.418 e. The highest BCUT2D eigenvalue weighted by atomic mass is 32.1. The van der Waals surface area contributed by atoms with E-state index in [0.717, 1.165) is 27.8 Å². The summed E-state index contributed by atoms with van der Waals surface area (Å²) in [7, 11) is 0. The summed E-state index contributed by atoms with van der Waals surface area (Å²) in [4.78, 5) is 16.0. The van der Waals surface area contributed by atoms with Gasteiger partial charge < -0.3 is 4.74 Å². The predicted octanol–water partition coefficient (Wildman–Crippen LogP) is 8.89. The number of benzene rings is 3. The van der Waals surface area contributed by atoms with Gasteiger partial charge in [-0.1, -0.05) is 29.8 Å². The van der Waals surface area contributed by atoms with Crippen LogP contribution in [0, 0.1) is 34.6 Å². The summed E-state index contributed by atoms with van der Waals surface area (Å²) >= 11 is 4.23. The Balaban J connectivity index is 2.10. The van der Waals surface area contributed by atoms with Crippen molar-refractivity contribution in [1.82, 2.24) is 0 Å². The standard InChI is InChI=1S/C27H21F6NO2S/c1-13-6-14(2)22(15(3)7-13)18-8-16(4)23(17(5)9-18)25(35)36-19-10-20(26(28,29)30)24(34-12-37)21(11-19)27(31,32)33/h6-11H,1-5H3. The van der Waals surface area contributed by atoms with Crippen LogP contribution in [0.25, 0.3) is 11.1 Å². The van der Waals surface area contributed by atoms with Crippen LogP contribution in [0.3, 0.4) is 0 Å². The van der Waals surface area contributed by atoms with E-state index < -0.39 is 40.9 Å². The first-order chi connectivity index (χ1) is 17.0. The van der Waals surface area contributed by atoms with Crippen molar-refractivity contribution in [2.45, 2.75) is 47.0 Å². The van der Waals surface area contributed by atoms with Crippen LogP contribution in [0.15, 0.2) is 41.4 Å². The average Bonchev–Trinajstić information content (AvgIpc) is 2.72. The minimum Gasteiger partial charge on any atom is -0.423 e. The maximum atomic E-state index is 13.6. The number of rotatable bonds is 4. The summed E-state index contributed by atoms with van der Waals surface area (Å²) in [5, 5.41) is 1.54. The second-order valence-corrected chi connectivity index (χ2v) is 8.90. The molecule has 0 saturated heterocycles. The van der Waals surface area contributed by atoms with Gasteiger partial charge >= 0.3 is 18.3 Å². The first-order valence-corrected chi connectivity index (χ1v) is 11.3. The molecule has 0 atom stereocenters. The van der Waals surface area contributed by atoms with Crippen molar-refractivity contribution in [3.05, 3.63) is 80.9 Å². The van der Waals surface area contributed by atoms with E-state index in [1.165, 1.54) is 0 Å². The number of esters is 1. The lowest BCUT2D eigenvalue weighted by Crippen LogP contribution is -2.16. The highest BCUT2D eigenvalue weighted by Gasteiger charge is 2.42. The number of isothiocyanates is 1. The third kappa shape index (κ3) is 5.92. The summed E-state index contributed by atoms with van der Waals surface area (Å²) in [6.07, 6.45) is -10.5. The molecule has 0 aromatic heterocycles. The van der Waals surface area contributed by atoms with Crippen LogP contribution in [0.1, 0.15) is 49.3 Å². The molecule has 0 aliphatic heterocycles. The second kappa shape index (κ2) is 10.1. The molecule has 3 aromatic rings. The number of ether oxygens (including phenoxy) is 1. The fourth-order valence-corrected chi connectivity index (χ4v) is 4.58. The Morgan fingerprint density at radius 1 is 0.784 bits per heavy atom. The van der Waals surface area contributed by atoms with Gasteiger partial charge in [-0.2, -0.15) is 31.3 Å². The van der Waals surface area contributed by atoms with Crippen molar-refractivity contribution < 1.29 is 35.9 Å². The molecule has 3 aromatic carbocycles. The van der Waals surface area contributed by atoms with Gasteiger partial charge in [-0.25, -0.2) is 4.79 Å². The topological polar surface area (TPSA) is 38.7 Å². The average molecular weight is 538 g/mol. The van der Waals surface area contributed by atoms with E-state index in [0.29, 0.717) is 11.1 Å². The zero-order chi connectivity index (χ0) is 27.9. The van der Waals surface area contributed by atoms with Gasteiger partial charge in [-0.15, -0.1) is 0 Å². The molecular formula is C27H21F6NO2S. The Hall–Kier alpha value is -3.49. The normalized spacial score (nSPS) is 11.8. The molecule has 0 heterocycles. The number of aliphatic imine (C=N–C) groups is 1. The van der Waals surface area contributed by atoms with Gasteiger partial charge in [0.2, 0.25) is 0 Å². The molecule has 0 N–H and O–H groups in total. The summed E-state index contributed by atoms with van der Waals surface area (Å²) in [6.45, 7) is 9.12. The molecule has 0 saturated carbocycles. The van der Waals surface area contributed by atoms with E-state index in [2.05, 4.69) is 17.2 Å². The zero-order valence-electron chi connectivity index (χ0n) is 20.4. The lowest BCUT2D eigenvalue weighted by molar-refractivity contribution is -0.142. The molecule has 0 fully saturated rings. The minimum atomic E-state index is -5.23. The summed E-state index contributed by atoms with van der Waals surface area (Å²) < 4.78 is 86.5. The number of hydrogen-bond acceptors (Lipinski definition) is 4. The summed E-state index contributed by atoms with van der Waals surface area (Å²) in [5.74, 6) is -2.02. The molecule has 0 unspecified atom stereocenters. The van der Waals surface area contributed by atoms with Crippen molar-refractivity contribution in [2.75, 3.05) is 0 Å². The van der Waals surface area contributed by atoms with E-state index in [9.17, 15) is 31.1 Å². The number of nitrogens with zero attached hydrogens (tertiary/aromatic N) is 1. The fraction of sp³-hybridized carbons (Fsp3) is 0.259. The third-order valence-corrected chi connectivity index (χ3v) is 5.86. The molecule has 3 rings (SSSR count). The van der Waals surface area contributed by atoms with Crippen LogP contribution in [0.2, 0.25) is 0 Å². The molecule has 0 aliphatic carbocycles. The lowest BCUT2D eigenvalue weighted by Gasteiger charge is -2.18. The van der Waals surface area contributed by atoms with Gasteiger partial charge in [-0.3, -0.25) is 0 Å². The Morgan fingerprint density at radius 3 is 1.65 bits per heavy atom.